The minimum atomic E-state index is -0.230. The number of anilines is 1. The Morgan fingerprint density at radius 2 is 2.09 bits per heavy atom. The van der Waals surface area contributed by atoms with Gasteiger partial charge in [0.05, 0.1) is 5.69 Å². The summed E-state index contributed by atoms with van der Waals surface area (Å²) < 4.78 is 14.2. The lowest BCUT2D eigenvalue weighted by Gasteiger charge is -2.29. The third-order valence-electron chi connectivity index (χ3n) is 3.71. The lowest BCUT2D eigenvalue weighted by Crippen LogP contribution is -2.43. The fourth-order valence-corrected chi connectivity index (χ4v) is 2.28. The molecule has 4 nitrogen and oxygen atoms in total. The molecule has 0 aromatic heterocycles. The van der Waals surface area contributed by atoms with Crippen LogP contribution in [0.5, 0.6) is 0 Å². The zero-order valence-corrected chi connectivity index (χ0v) is 13.8. The maximum absolute atomic E-state index is 14.2. The van der Waals surface area contributed by atoms with Crippen molar-refractivity contribution >= 4 is 24.0 Å². The van der Waals surface area contributed by atoms with E-state index < -0.39 is 0 Å². The van der Waals surface area contributed by atoms with Gasteiger partial charge in [-0.2, -0.15) is 0 Å². The molecule has 0 bridgehead atoms. The molecule has 1 aliphatic heterocycles. The summed E-state index contributed by atoms with van der Waals surface area (Å²) in [5, 5.41) is 6.03. The summed E-state index contributed by atoms with van der Waals surface area (Å²) in [5.41, 5.74) is 2.06. The zero-order valence-electron chi connectivity index (χ0n) is 13.0. The van der Waals surface area contributed by atoms with Crippen LogP contribution in [0.1, 0.15) is 19.4 Å². The molecule has 0 spiro atoms. The van der Waals surface area contributed by atoms with Crippen molar-refractivity contribution in [3.8, 4) is 0 Å². The van der Waals surface area contributed by atoms with Gasteiger partial charge >= 0.3 is 0 Å². The highest BCUT2D eigenvalue weighted by molar-refractivity contribution is 5.92. The molecule has 2 N–H and O–H groups in total. The molecule has 1 heterocycles. The molecule has 0 radical (unpaired) electrons. The Morgan fingerprint density at radius 3 is 2.68 bits per heavy atom. The molecular weight excluding hydrogens is 305 g/mol. The largest absolute Gasteiger partial charge is 0.367 e. The number of hydrogen-bond acceptors (Lipinski definition) is 3. The lowest BCUT2D eigenvalue weighted by molar-refractivity contribution is -0.117. The summed E-state index contributed by atoms with van der Waals surface area (Å²) in [5.74, 6) is -0.351. The Labute approximate surface area is 137 Å². The molecule has 1 aromatic rings. The lowest BCUT2D eigenvalue weighted by atomic mass is 10.1. The smallest absolute Gasteiger partial charge is 0.246 e. The van der Waals surface area contributed by atoms with Crippen molar-refractivity contribution in [2.45, 2.75) is 20.4 Å². The van der Waals surface area contributed by atoms with Crippen LogP contribution in [0.15, 0.2) is 29.8 Å². The number of carbonyl (C=O) groups is 1. The number of hydrogen-bond donors (Lipinski definition) is 2. The summed E-state index contributed by atoms with van der Waals surface area (Å²) >= 11 is 0. The average Bonchev–Trinajstić information content (AvgIpc) is 2.52. The highest BCUT2D eigenvalue weighted by atomic mass is 35.5. The molecule has 0 atom stereocenters. The van der Waals surface area contributed by atoms with Crippen LogP contribution >= 0.6 is 12.4 Å². The molecule has 1 amide bonds. The first-order valence-electron chi connectivity index (χ1n) is 7.27. The fraction of sp³-hybridized carbons (Fsp3) is 0.438. The maximum Gasteiger partial charge on any atom is 0.246 e. The Morgan fingerprint density at radius 1 is 1.41 bits per heavy atom. The molecular formula is C16H23ClFN3O. The van der Waals surface area contributed by atoms with Gasteiger partial charge in [0.2, 0.25) is 5.91 Å². The van der Waals surface area contributed by atoms with E-state index in [1.165, 1.54) is 6.07 Å². The molecule has 6 heteroatoms. The monoisotopic (exact) mass is 327 g/mol. The van der Waals surface area contributed by atoms with Gasteiger partial charge in [-0.25, -0.2) is 4.39 Å². The molecule has 1 aromatic carbocycles. The van der Waals surface area contributed by atoms with Crippen molar-refractivity contribution in [1.82, 2.24) is 10.6 Å². The Kier molecular flexibility index (Phi) is 7.35. The van der Waals surface area contributed by atoms with Crippen LogP contribution in [-0.2, 0) is 11.3 Å². The van der Waals surface area contributed by atoms with Crippen LogP contribution in [0.25, 0.3) is 0 Å². The number of benzene rings is 1. The molecule has 0 saturated carbocycles. The molecule has 0 unspecified atom stereocenters. The predicted molar refractivity (Wildman–Crippen MR) is 90.0 cm³/mol. The van der Waals surface area contributed by atoms with Crippen LogP contribution in [-0.4, -0.2) is 32.1 Å². The van der Waals surface area contributed by atoms with E-state index in [1.54, 1.807) is 19.1 Å². The van der Waals surface area contributed by atoms with Gasteiger partial charge < -0.3 is 15.5 Å². The van der Waals surface area contributed by atoms with Crippen LogP contribution in [0, 0.1) is 5.82 Å². The summed E-state index contributed by atoms with van der Waals surface area (Å²) in [7, 11) is 0. The first-order valence-corrected chi connectivity index (χ1v) is 7.27. The van der Waals surface area contributed by atoms with Gasteiger partial charge in [0.1, 0.15) is 5.82 Å². The third kappa shape index (κ3) is 4.71. The number of nitrogens with one attached hydrogen (secondary N) is 2. The van der Waals surface area contributed by atoms with Crippen molar-refractivity contribution < 1.29 is 9.18 Å². The molecule has 122 valence electrons. The Bertz CT molecular complexity index is 542. The van der Waals surface area contributed by atoms with E-state index in [9.17, 15) is 9.18 Å². The second kappa shape index (κ2) is 8.76. The number of amides is 1. The first-order chi connectivity index (χ1) is 10.1. The standard InChI is InChI=1S/C16H22FN3O.ClH/c1-3-12(2)16(21)19-11-13-4-5-15(14(17)10-13)20-8-6-18-7-9-20;/h3-5,10,18H,6-9,11H2,1-2H3,(H,19,21);1H/b12-3+;. The van der Waals surface area contributed by atoms with E-state index in [-0.39, 0.29) is 24.1 Å². The highest BCUT2D eigenvalue weighted by Crippen LogP contribution is 2.21. The molecule has 1 saturated heterocycles. The van der Waals surface area contributed by atoms with Gasteiger partial charge in [0, 0.05) is 38.3 Å². The van der Waals surface area contributed by atoms with E-state index in [1.807, 2.05) is 17.9 Å². The number of rotatable bonds is 4. The minimum absolute atomic E-state index is 0. The summed E-state index contributed by atoms with van der Waals surface area (Å²) in [4.78, 5) is 13.7. The van der Waals surface area contributed by atoms with Crippen molar-refractivity contribution in [3.05, 3.63) is 41.2 Å². The van der Waals surface area contributed by atoms with Crippen LogP contribution < -0.4 is 15.5 Å². The molecule has 2 rings (SSSR count). The van der Waals surface area contributed by atoms with E-state index in [0.29, 0.717) is 17.8 Å². The van der Waals surface area contributed by atoms with Crippen LogP contribution in [0.4, 0.5) is 10.1 Å². The number of carbonyl (C=O) groups excluding carboxylic acids is 1. The van der Waals surface area contributed by atoms with Gasteiger partial charge in [-0.15, -0.1) is 12.4 Å². The molecule has 0 aliphatic carbocycles. The van der Waals surface area contributed by atoms with Gasteiger partial charge in [0.25, 0.3) is 0 Å². The SMILES string of the molecule is C/C=C(\C)C(=O)NCc1ccc(N2CCNCC2)c(F)c1.Cl. The van der Waals surface area contributed by atoms with Crippen molar-refractivity contribution in [3.63, 3.8) is 0 Å². The Hall–Kier alpha value is -1.59. The third-order valence-corrected chi connectivity index (χ3v) is 3.71. The van der Waals surface area contributed by atoms with E-state index in [4.69, 9.17) is 0 Å². The topological polar surface area (TPSA) is 44.4 Å². The van der Waals surface area contributed by atoms with Gasteiger partial charge in [-0.05, 0) is 31.5 Å². The average molecular weight is 328 g/mol. The van der Waals surface area contributed by atoms with Gasteiger partial charge in [-0.1, -0.05) is 12.1 Å². The number of piperazine rings is 1. The quantitative estimate of drug-likeness (QED) is 0.834. The van der Waals surface area contributed by atoms with Crippen molar-refractivity contribution in [2.75, 3.05) is 31.1 Å². The van der Waals surface area contributed by atoms with E-state index in [0.717, 1.165) is 31.7 Å². The second-order valence-electron chi connectivity index (χ2n) is 5.18. The van der Waals surface area contributed by atoms with Gasteiger partial charge in [0.15, 0.2) is 0 Å². The minimum Gasteiger partial charge on any atom is -0.367 e. The molecule has 1 aliphatic rings. The van der Waals surface area contributed by atoms with Crippen LogP contribution in [0.2, 0.25) is 0 Å². The van der Waals surface area contributed by atoms with Crippen molar-refractivity contribution in [2.24, 2.45) is 0 Å². The fourth-order valence-electron chi connectivity index (χ4n) is 2.28. The molecule has 22 heavy (non-hydrogen) atoms. The second-order valence-corrected chi connectivity index (χ2v) is 5.18. The molecule has 1 fully saturated rings. The normalized spacial score (nSPS) is 15.2. The number of allylic oxidation sites excluding steroid dienone is 1. The van der Waals surface area contributed by atoms with Crippen molar-refractivity contribution in [1.29, 1.82) is 0 Å². The Balaban J connectivity index is 0.00000242. The number of halogens is 2. The summed E-state index contributed by atoms with van der Waals surface area (Å²) in [6, 6.07) is 5.17. The van der Waals surface area contributed by atoms with Crippen LogP contribution in [0.3, 0.4) is 0 Å². The number of nitrogens with zero attached hydrogens (tertiary/aromatic N) is 1. The van der Waals surface area contributed by atoms with E-state index >= 15 is 0 Å². The van der Waals surface area contributed by atoms with E-state index in [2.05, 4.69) is 10.6 Å². The first kappa shape index (κ1) is 18.5. The highest BCUT2D eigenvalue weighted by Gasteiger charge is 2.14. The zero-order chi connectivity index (χ0) is 15.2. The van der Waals surface area contributed by atoms with Gasteiger partial charge in [-0.3, -0.25) is 4.79 Å². The maximum atomic E-state index is 14.2. The summed E-state index contributed by atoms with van der Waals surface area (Å²) in [6.45, 7) is 7.28. The summed E-state index contributed by atoms with van der Waals surface area (Å²) in [6.07, 6.45) is 1.75. The predicted octanol–water partition coefficient (Wildman–Crippen LogP) is 2.24.